The molecular weight excluding hydrogens is 261 g/mol. The Bertz CT molecular complexity index is 248. The molecule has 3 heteroatoms. The van der Waals surface area contributed by atoms with Crippen LogP contribution in [0.15, 0.2) is 18.2 Å². The summed E-state index contributed by atoms with van der Waals surface area (Å²) in [6.45, 7) is -0.965. The molecule has 60 valence electrons. The summed E-state index contributed by atoms with van der Waals surface area (Å²) in [6, 6.07) is 4.89. The lowest BCUT2D eigenvalue weighted by Gasteiger charge is -2.00. The van der Waals surface area contributed by atoms with Crippen LogP contribution in [0.2, 0.25) is 0 Å². The maximum absolute atomic E-state index is 12.1. The molecule has 0 aliphatic carbocycles. The monoisotopic (exact) mass is 268 g/mol. The molecule has 0 aliphatic rings. The Balaban J connectivity index is 2.99. The van der Waals surface area contributed by atoms with Gasteiger partial charge in [-0.15, -0.1) is 0 Å². The summed E-state index contributed by atoms with van der Waals surface area (Å²) in [4.78, 5) is 0. The first-order valence-electron chi connectivity index (χ1n) is 3.17. The number of halogens is 3. The average Bonchev–Trinajstić information content (AvgIpc) is 2.04. The minimum atomic E-state index is -0.484. The highest BCUT2D eigenvalue weighted by molar-refractivity contribution is 14.1. The molecule has 0 aliphatic heterocycles. The molecule has 0 saturated carbocycles. The predicted octanol–water partition coefficient (Wildman–Crippen LogP) is 3.23. The second-order valence-electron chi connectivity index (χ2n) is 2.19. The molecule has 1 aromatic carbocycles. The lowest BCUT2D eigenvalue weighted by Crippen LogP contribution is -1.87. The Kier molecular flexibility index (Phi) is 3.23. The van der Waals surface area contributed by atoms with E-state index in [2.05, 4.69) is 0 Å². The van der Waals surface area contributed by atoms with Gasteiger partial charge in [-0.2, -0.15) is 0 Å². The first kappa shape index (κ1) is 8.90. The Labute approximate surface area is 77.8 Å². The van der Waals surface area contributed by atoms with Crippen LogP contribution < -0.4 is 0 Å². The summed E-state index contributed by atoms with van der Waals surface area (Å²) < 4.78 is 25.0. The average molecular weight is 268 g/mol. The van der Waals surface area contributed by atoms with Crippen molar-refractivity contribution in [2.75, 3.05) is 0 Å². The maximum Gasteiger partial charge on any atom is 0.116 e. The Hall–Kier alpha value is -0.190. The van der Waals surface area contributed by atoms with Crippen molar-refractivity contribution in [2.45, 2.75) is 13.3 Å². The van der Waals surface area contributed by atoms with Crippen LogP contribution in [0.1, 0.15) is 11.1 Å². The molecule has 0 heterocycles. The molecule has 1 aromatic rings. The van der Waals surface area contributed by atoms with Gasteiger partial charge in [-0.25, -0.2) is 8.78 Å². The molecule has 0 aromatic heterocycles. The van der Waals surface area contributed by atoms with Crippen molar-refractivity contribution in [1.29, 1.82) is 0 Å². The van der Waals surface area contributed by atoms with E-state index in [0.29, 0.717) is 11.1 Å². The van der Waals surface area contributed by atoms with Crippen molar-refractivity contribution < 1.29 is 8.78 Å². The molecule has 0 spiro atoms. The van der Waals surface area contributed by atoms with E-state index >= 15 is 0 Å². The fourth-order valence-corrected chi connectivity index (χ4v) is 1.51. The van der Waals surface area contributed by atoms with Crippen LogP contribution in [-0.2, 0) is 13.3 Å². The van der Waals surface area contributed by atoms with Gasteiger partial charge in [-0.3, -0.25) is 0 Å². The van der Waals surface area contributed by atoms with Gasteiger partial charge in [0.25, 0.3) is 0 Å². The van der Waals surface area contributed by atoms with Gasteiger partial charge < -0.3 is 0 Å². The van der Waals surface area contributed by atoms with Crippen LogP contribution >= 0.6 is 22.6 Å². The zero-order valence-corrected chi connectivity index (χ0v) is 7.94. The lowest BCUT2D eigenvalue weighted by molar-refractivity contribution is 0.478. The quantitative estimate of drug-likeness (QED) is 0.722. The van der Waals surface area contributed by atoms with Gasteiger partial charge in [0.2, 0.25) is 0 Å². The van der Waals surface area contributed by atoms with Crippen LogP contribution in [0.3, 0.4) is 0 Å². The maximum atomic E-state index is 12.1. The second-order valence-corrected chi connectivity index (χ2v) is 3.36. The van der Waals surface area contributed by atoms with Gasteiger partial charge in [-0.05, 0) is 39.8 Å². The smallest absolute Gasteiger partial charge is 0.116 e. The summed E-state index contributed by atoms with van der Waals surface area (Å²) in [6.07, 6.45) is 0. The first-order chi connectivity index (χ1) is 5.27. The van der Waals surface area contributed by atoms with E-state index in [0.717, 1.165) is 3.57 Å². The van der Waals surface area contributed by atoms with E-state index in [1.807, 2.05) is 22.6 Å². The van der Waals surface area contributed by atoms with E-state index in [1.165, 1.54) is 0 Å². The number of rotatable bonds is 2. The minimum absolute atomic E-state index is 0.481. The normalized spacial score (nSPS) is 10.1. The number of hydrogen-bond acceptors (Lipinski definition) is 0. The zero-order valence-electron chi connectivity index (χ0n) is 5.78. The highest BCUT2D eigenvalue weighted by atomic mass is 127. The van der Waals surface area contributed by atoms with Gasteiger partial charge in [0.05, 0.1) is 0 Å². The molecule has 1 rings (SSSR count). The predicted molar refractivity (Wildman–Crippen MR) is 48.8 cm³/mol. The van der Waals surface area contributed by atoms with Crippen molar-refractivity contribution in [1.82, 2.24) is 0 Å². The van der Waals surface area contributed by atoms with E-state index in [-0.39, 0.29) is 0 Å². The molecular formula is C8H7F2I. The standard InChI is InChI=1S/C8H7F2I/c9-4-6-1-2-7(5-10)8(11)3-6/h1-3H,4-5H2. The summed E-state index contributed by atoms with van der Waals surface area (Å²) in [7, 11) is 0. The lowest BCUT2D eigenvalue weighted by atomic mass is 10.2. The molecule has 0 unspecified atom stereocenters. The molecule has 0 amide bonds. The fourth-order valence-electron chi connectivity index (χ4n) is 0.782. The van der Waals surface area contributed by atoms with Gasteiger partial charge in [-0.1, -0.05) is 12.1 Å². The van der Waals surface area contributed by atoms with E-state index in [4.69, 9.17) is 0 Å². The topological polar surface area (TPSA) is 0 Å². The van der Waals surface area contributed by atoms with E-state index < -0.39 is 13.3 Å². The largest absolute Gasteiger partial charge is 0.246 e. The minimum Gasteiger partial charge on any atom is -0.246 e. The number of benzene rings is 1. The fraction of sp³-hybridized carbons (Fsp3) is 0.250. The van der Waals surface area contributed by atoms with Crippen LogP contribution in [-0.4, -0.2) is 0 Å². The molecule has 11 heavy (non-hydrogen) atoms. The second kappa shape index (κ2) is 3.99. The van der Waals surface area contributed by atoms with Crippen molar-refractivity contribution >= 4 is 22.6 Å². The molecule has 0 radical (unpaired) electrons. The van der Waals surface area contributed by atoms with Crippen LogP contribution in [0, 0.1) is 3.57 Å². The third-order valence-corrected chi connectivity index (χ3v) is 2.42. The van der Waals surface area contributed by atoms with Gasteiger partial charge in [0, 0.05) is 3.57 Å². The molecule has 0 atom stereocenters. The Morgan fingerprint density at radius 2 is 1.91 bits per heavy atom. The summed E-state index contributed by atoms with van der Waals surface area (Å²) >= 11 is 2.00. The van der Waals surface area contributed by atoms with E-state index in [9.17, 15) is 8.78 Å². The SMILES string of the molecule is FCc1ccc(CF)c(I)c1. The summed E-state index contributed by atoms with van der Waals surface area (Å²) in [5, 5.41) is 0. The van der Waals surface area contributed by atoms with Crippen LogP contribution in [0.4, 0.5) is 8.78 Å². The number of alkyl halides is 2. The van der Waals surface area contributed by atoms with Crippen molar-refractivity contribution in [3.05, 3.63) is 32.9 Å². The van der Waals surface area contributed by atoms with Crippen molar-refractivity contribution in [3.63, 3.8) is 0 Å². The molecule has 0 saturated heterocycles. The van der Waals surface area contributed by atoms with Crippen LogP contribution in [0.5, 0.6) is 0 Å². The molecule has 0 nitrogen and oxygen atoms in total. The Morgan fingerprint density at radius 1 is 1.18 bits per heavy atom. The zero-order chi connectivity index (χ0) is 8.27. The van der Waals surface area contributed by atoms with Gasteiger partial charge in [0.1, 0.15) is 13.3 Å². The third-order valence-electron chi connectivity index (χ3n) is 1.42. The first-order valence-corrected chi connectivity index (χ1v) is 4.25. The number of hydrogen-bond donors (Lipinski definition) is 0. The third kappa shape index (κ3) is 2.12. The summed E-state index contributed by atoms with van der Waals surface area (Å²) in [5.41, 5.74) is 1.23. The summed E-state index contributed by atoms with van der Waals surface area (Å²) in [5.74, 6) is 0. The highest BCUT2D eigenvalue weighted by Crippen LogP contribution is 2.16. The highest BCUT2D eigenvalue weighted by Gasteiger charge is 1.99. The Morgan fingerprint density at radius 3 is 2.36 bits per heavy atom. The van der Waals surface area contributed by atoms with Crippen LogP contribution in [0.25, 0.3) is 0 Å². The van der Waals surface area contributed by atoms with Gasteiger partial charge >= 0.3 is 0 Å². The van der Waals surface area contributed by atoms with E-state index in [1.54, 1.807) is 18.2 Å². The molecule has 0 fully saturated rings. The molecule has 0 bridgehead atoms. The van der Waals surface area contributed by atoms with Crippen molar-refractivity contribution in [3.8, 4) is 0 Å². The van der Waals surface area contributed by atoms with Gasteiger partial charge in [0.15, 0.2) is 0 Å². The van der Waals surface area contributed by atoms with Crippen molar-refractivity contribution in [2.24, 2.45) is 0 Å². The molecule has 0 N–H and O–H groups in total.